The minimum Gasteiger partial charge on any atom is -0.355 e. The number of carbonyl (C=O) groups excluding carboxylic acids is 1. The Labute approximate surface area is 149 Å². The molecule has 0 saturated heterocycles. The zero-order chi connectivity index (χ0) is 18.1. The molecule has 0 bridgehead atoms. The first kappa shape index (κ1) is 17.4. The maximum absolute atomic E-state index is 14.3. The summed E-state index contributed by atoms with van der Waals surface area (Å²) in [5, 5.41) is 0.196. The molecular weight excluding hydrogens is 341 g/mol. The van der Waals surface area contributed by atoms with Crippen molar-refractivity contribution in [2.75, 3.05) is 0 Å². The molecule has 128 valence electrons. The minimum atomic E-state index is -0.608. The highest BCUT2D eigenvalue weighted by atomic mass is 35.5. The first-order valence-corrected chi connectivity index (χ1v) is 8.40. The molecule has 0 spiro atoms. The lowest BCUT2D eigenvalue weighted by Crippen LogP contribution is -2.22. The van der Waals surface area contributed by atoms with Crippen LogP contribution in [0.1, 0.15) is 35.5 Å². The molecule has 0 aliphatic heterocycles. The zero-order valence-corrected chi connectivity index (χ0v) is 14.7. The van der Waals surface area contributed by atoms with Crippen LogP contribution in [-0.4, -0.2) is 10.8 Å². The van der Waals surface area contributed by atoms with Crippen molar-refractivity contribution in [1.29, 1.82) is 0 Å². The van der Waals surface area contributed by atoms with Gasteiger partial charge in [-0.05, 0) is 24.5 Å². The fourth-order valence-electron chi connectivity index (χ4n) is 2.90. The molecule has 1 N–H and O–H groups in total. The highest BCUT2D eigenvalue weighted by Gasteiger charge is 2.22. The van der Waals surface area contributed by atoms with Crippen molar-refractivity contribution >= 4 is 28.3 Å². The average Bonchev–Trinajstić information content (AvgIpc) is 2.56. The molecule has 0 fully saturated rings. The molecule has 3 aromatic rings. The SMILES string of the molecule is CC(C)Cc1[nH]c2c(F)cc(Cl)cc2c(=O)c1C(=O)c1ccccc1. The number of nitrogens with one attached hydrogen (secondary N) is 1. The van der Waals surface area contributed by atoms with Crippen LogP contribution in [0.2, 0.25) is 5.02 Å². The van der Waals surface area contributed by atoms with E-state index >= 15 is 0 Å². The third-order valence-corrected chi connectivity index (χ3v) is 4.20. The van der Waals surface area contributed by atoms with Gasteiger partial charge in [-0.2, -0.15) is 0 Å². The van der Waals surface area contributed by atoms with E-state index in [0.717, 1.165) is 6.07 Å². The number of carbonyl (C=O) groups is 1. The molecule has 0 atom stereocenters. The highest BCUT2D eigenvalue weighted by Crippen LogP contribution is 2.23. The van der Waals surface area contributed by atoms with Gasteiger partial charge < -0.3 is 4.98 Å². The molecule has 5 heteroatoms. The Morgan fingerprint density at radius 3 is 2.52 bits per heavy atom. The summed E-state index contributed by atoms with van der Waals surface area (Å²) in [6, 6.07) is 11.1. The maximum Gasteiger partial charge on any atom is 0.200 e. The highest BCUT2D eigenvalue weighted by molar-refractivity contribution is 6.31. The van der Waals surface area contributed by atoms with Gasteiger partial charge >= 0.3 is 0 Å². The van der Waals surface area contributed by atoms with Crippen LogP contribution in [-0.2, 0) is 6.42 Å². The largest absolute Gasteiger partial charge is 0.355 e. The van der Waals surface area contributed by atoms with Crippen LogP contribution in [0.25, 0.3) is 10.9 Å². The van der Waals surface area contributed by atoms with E-state index in [-0.39, 0.29) is 33.2 Å². The van der Waals surface area contributed by atoms with Gasteiger partial charge in [0.05, 0.1) is 16.5 Å². The molecule has 1 aromatic heterocycles. The van der Waals surface area contributed by atoms with E-state index in [9.17, 15) is 14.0 Å². The molecule has 0 unspecified atom stereocenters. The Balaban J connectivity index is 2.33. The number of hydrogen-bond donors (Lipinski definition) is 1. The van der Waals surface area contributed by atoms with Crippen molar-refractivity contribution in [2.24, 2.45) is 5.92 Å². The lowest BCUT2D eigenvalue weighted by atomic mass is 9.95. The van der Waals surface area contributed by atoms with Crippen LogP contribution in [0.5, 0.6) is 0 Å². The van der Waals surface area contributed by atoms with E-state index in [1.807, 2.05) is 13.8 Å². The molecule has 0 aliphatic rings. The zero-order valence-electron chi connectivity index (χ0n) is 13.9. The van der Waals surface area contributed by atoms with Gasteiger partial charge in [-0.25, -0.2) is 4.39 Å². The van der Waals surface area contributed by atoms with Gasteiger partial charge in [-0.3, -0.25) is 9.59 Å². The first-order valence-electron chi connectivity index (χ1n) is 8.02. The number of fused-ring (bicyclic) bond motifs is 1. The van der Waals surface area contributed by atoms with Crippen molar-refractivity contribution < 1.29 is 9.18 Å². The Morgan fingerprint density at radius 1 is 1.20 bits per heavy atom. The number of benzene rings is 2. The predicted molar refractivity (Wildman–Crippen MR) is 98.0 cm³/mol. The number of aromatic amines is 1. The summed E-state index contributed by atoms with van der Waals surface area (Å²) in [6.45, 7) is 3.94. The smallest absolute Gasteiger partial charge is 0.200 e. The summed E-state index contributed by atoms with van der Waals surface area (Å²) in [6.07, 6.45) is 0.459. The van der Waals surface area contributed by atoms with Crippen molar-refractivity contribution in [3.05, 3.63) is 80.3 Å². The number of rotatable bonds is 4. The van der Waals surface area contributed by atoms with Crippen molar-refractivity contribution in [3.8, 4) is 0 Å². The number of halogens is 2. The summed E-state index contributed by atoms with van der Waals surface area (Å²) in [5.74, 6) is -0.797. The topological polar surface area (TPSA) is 49.9 Å². The lowest BCUT2D eigenvalue weighted by Gasteiger charge is -2.13. The predicted octanol–water partition coefficient (Wildman–Crippen LogP) is 4.75. The van der Waals surface area contributed by atoms with Crippen LogP contribution < -0.4 is 5.43 Å². The van der Waals surface area contributed by atoms with Crippen molar-refractivity contribution in [1.82, 2.24) is 4.98 Å². The molecule has 1 heterocycles. The summed E-state index contributed by atoms with van der Waals surface area (Å²) in [4.78, 5) is 28.9. The molecular formula is C20H17ClFNO2. The normalized spacial score (nSPS) is 11.2. The average molecular weight is 358 g/mol. The Hall–Kier alpha value is -2.46. The fraction of sp³-hybridized carbons (Fsp3) is 0.200. The van der Waals surface area contributed by atoms with E-state index in [0.29, 0.717) is 17.7 Å². The summed E-state index contributed by atoms with van der Waals surface area (Å²) in [7, 11) is 0. The second kappa shape index (κ2) is 6.81. The number of H-pyrrole nitrogens is 1. The molecule has 2 aromatic carbocycles. The van der Waals surface area contributed by atoms with Crippen LogP contribution in [0, 0.1) is 11.7 Å². The summed E-state index contributed by atoms with van der Waals surface area (Å²) < 4.78 is 14.3. The van der Waals surface area contributed by atoms with Crippen molar-refractivity contribution in [3.63, 3.8) is 0 Å². The molecule has 3 rings (SSSR count). The number of pyridine rings is 1. The van der Waals surface area contributed by atoms with Gasteiger partial charge in [0.25, 0.3) is 0 Å². The third-order valence-electron chi connectivity index (χ3n) is 3.98. The quantitative estimate of drug-likeness (QED) is 0.685. The monoisotopic (exact) mass is 357 g/mol. The van der Waals surface area contributed by atoms with Crippen molar-refractivity contribution in [2.45, 2.75) is 20.3 Å². The molecule has 0 aliphatic carbocycles. The van der Waals surface area contributed by atoms with E-state index in [1.165, 1.54) is 6.07 Å². The number of ketones is 1. The fourth-order valence-corrected chi connectivity index (χ4v) is 3.11. The molecule has 25 heavy (non-hydrogen) atoms. The van der Waals surface area contributed by atoms with Gasteiger partial charge in [0.15, 0.2) is 5.78 Å². The van der Waals surface area contributed by atoms with Crippen LogP contribution in [0.4, 0.5) is 4.39 Å². The molecule has 0 saturated carbocycles. The number of aromatic nitrogens is 1. The second-order valence-corrected chi connectivity index (χ2v) is 6.85. The van der Waals surface area contributed by atoms with Gasteiger partial charge in [0.2, 0.25) is 5.43 Å². The van der Waals surface area contributed by atoms with Gasteiger partial charge in [0, 0.05) is 16.3 Å². The standard InChI is InChI=1S/C20H17ClFNO2/c1-11(2)8-16-17(19(24)12-6-4-3-5-7-12)20(25)14-9-13(21)10-15(22)18(14)23-16/h3-7,9-11H,8H2,1-2H3,(H,23,25). The van der Waals surface area contributed by atoms with Crippen LogP contribution in [0.3, 0.4) is 0 Å². The van der Waals surface area contributed by atoms with E-state index < -0.39 is 11.2 Å². The summed E-state index contributed by atoms with van der Waals surface area (Å²) >= 11 is 5.89. The molecule has 0 radical (unpaired) electrons. The number of hydrogen-bond acceptors (Lipinski definition) is 2. The Bertz CT molecular complexity index is 1010. The van der Waals surface area contributed by atoms with Gasteiger partial charge in [0.1, 0.15) is 5.82 Å². The molecule has 3 nitrogen and oxygen atoms in total. The van der Waals surface area contributed by atoms with Gasteiger partial charge in [-0.1, -0.05) is 55.8 Å². The third kappa shape index (κ3) is 3.35. The second-order valence-electron chi connectivity index (χ2n) is 6.41. The van der Waals surface area contributed by atoms with Gasteiger partial charge in [-0.15, -0.1) is 0 Å². The minimum absolute atomic E-state index is 0.0501. The van der Waals surface area contributed by atoms with E-state index in [4.69, 9.17) is 11.6 Å². The maximum atomic E-state index is 14.3. The molecule has 0 amide bonds. The van der Waals surface area contributed by atoms with Crippen LogP contribution in [0.15, 0.2) is 47.3 Å². The lowest BCUT2D eigenvalue weighted by molar-refractivity contribution is 0.103. The Morgan fingerprint density at radius 2 is 1.88 bits per heavy atom. The van der Waals surface area contributed by atoms with E-state index in [1.54, 1.807) is 30.3 Å². The van der Waals surface area contributed by atoms with Crippen LogP contribution >= 0.6 is 11.6 Å². The summed E-state index contributed by atoms with van der Waals surface area (Å²) in [5.41, 5.74) is 0.491. The van der Waals surface area contributed by atoms with E-state index in [2.05, 4.69) is 4.98 Å². The Kier molecular flexibility index (Phi) is 4.73. The first-order chi connectivity index (χ1) is 11.9.